The number of methoxy groups -OCH3 is 1. The van der Waals surface area contributed by atoms with Gasteiger partial charge in [0.25, 0.3) is 11.6 Å². The lowest BCUT2D eigenvalue weighted by molar-refractivity contribution is 0.340. The minimum atomic E-state index is -0.0485. The van der Waals surface area contributed by atoms with Crippen molar-refractivity contribution in [2.45, 2.75) is 45.2 Å². The van der Waals surface area contributed by atoms with Crippen molar-refractivity contribution in [1.82, 2.24) is 14.9 Å². The van der Waals surface area contributed by atoms with E-state index in [2.05, 4.69) is 10.3 Å². The second-order valence-electron chi connectivity index (χ2n) is 4.81. The Bertz CT molecular complexity index is 450. The Hall–Kier alpha value is -1.36. The molecule has 0 bridgehead atoms. The summed E-state index contributed by atoms with van der Waals surface area (Å²) < 4.78 is 6.73. The highest BCUT2D eigenvalue weighted by Gasteiger charge is 2.14. The molecule has 1 aromatic heterocycles. The number of nitrogens with zero attached hydrogens (tertiary/aromatic N) is 2. The van der Waals surface area contributed by atoms with Crippen molar-refractivity contribution in [3.63, 3.8) is 0 Å². The lowest BCUT2D eigenvalue weighted by Gasteiger charge is -2.14. The summed E-state index contributed by atoms with van der Waals surface area (Å²) in [6.07, 6.45) is 5.12. The predicted molar refractivity (Wildman–Crippen MR) is 70.0 cm³/mol. The Kier molecular flexibility index (Phi) is 4.36. The molecule has 0 atom stereocenters. The van der Waals surface area contributed by atoms with E-state index in [1.165, 1.54) is 31.7 Å². The molecule has 1 heterocycles. The zero-order valence-corrected chi connectivity index (χ0v) is 11.1. The Morgan fingerprint density at radius 3 is 2.89 bits per heavy atom. The van der Waals surface area contributed by atoms with E-state index in [9.17, 15) is 4.79 Å². The van der Waals surface area contributed by atoms with E-state index < -0.39 is 0 Å². The van der Waals surface area contributed by atoms with E-state index in [0.29, 0.717) is 24.3 Å². The van der Waals surface area contributed by atoms with Crippen LogP contribution in [0.2, 0.25) is 0 Å². The summed E-state index contributed by atoms with van der Waals surface area (Å²) >= 11 is 0. The second-order valence-corrected chi connectivity index (χ2v) is 4.81. The zero-order chi connectivity index (χ0) is 13.0. The number of hydrogen-bond donors (Lipinski definition) is 1. The van der Waals surface area contributed by atoms with Crippen LogP contribution in [0.1, 0.15) is 31.4 Å². The quantitative estimate of drug-likeness (QED) is 0.851. The van der Waals surface area contributed by atoms with Gasteiger partial charge < -0.3 is 10.1 Å². The molecule has 1 N–H and O–H groups in total. The first-order valence-corrected chi connectivity index (χ1v) is 6.56. The fraction of sp³-hybridized carbons (Fsp3) is 0.692. The van der Waals surface area contributed by atoms with Gasteiger partial charge in [-0.25, -0.2) is 4.98 Å². The van der Waals surface area contributed by atoms with E-state index in [1.807, 2.05) is 0 Å². The van der Waals surface area contributed by atoms with Crippen molar-refractivity contribution in [3.8, 4) is 6.01 Å². The topological polar surface area (TPSA) is 56.1 Å². The van der Waals surface area contributed by atoms with Crippen molar-refractivity contribution in [2.75, 3.05) is 13.7 Å². The van der Waals surface area contributed by atoms with Gasteiger partial charge in [0, 0.05) is 30.9 Å². The standard InChI is InChI=1S/C13H21N3O2/c1-10-9-12(17)16(13(15-10)18-2)8-7-14-11-5-3-4-6-11/h9,11,14H,3-8H2,1-2H3. The monoisotopic (exact) mass is 251 g/mol. The molecule has 1 aliphatic rings. The van der Waals surface area contributed by atoms with Gasteiger partial charge in [0.05, 0.1) is 7.11 Å². The molecule has 2 rings (SSSR count). The summed E-state index contributed by atoms with van der Waals surface area (Å²) in [6.45, 7) is 3.18. The highest BCUT2D eigenvalue weighted by Crippen LogP contribution is 2.17. The molecule has 0 spiro atoms. The molecule has 1 aliphatic carbocycles. The molecule has 1 saturated carbocycles. The molecule has 0 radical (unpaired) electrons. The average Bonchev–Trinajstić information content (AvgIpc) is 2.84. The molecule has 0 saturated heterocycles. The lowest BCUT2D eigenvalue weighted by Crippen LogP contribution is -2.33. The van der Waals surface area contributed by atoms with Crippen LogP contribution >= 0.6 is 0 Å². The Labute approximate surface area is 107 Å². The Morgan fingerprint density at radius 2 is 2.22 bits per heavy atom. The molecule has 0 unspecified atom stereocenters. The summed E-state index contributed by atoms with van der Waals surface area (Å²) in [5, 5.41) is 3.48. The molecule has 5 heteroatoms. The molecule has 1 aromatic rings. The average molecular weight is 251 g/mol. The van der Waals surface area contributed by atoms with Crippen molar-refractivity contribution in [2.24, 2.45) is 0 Å². The highest BCUT2D eigenvalue weighted by atomic mass is 16.5. The van der Waals surface area contributed by atoms with E-state index in [-0.39, 0.29) is 5.56 Å². The van der Waals surface area contributed by atoms with Crippen molar-refractivity contribution in [1.29, 1.82) is 0 Å². The smallest absolute Gasteiger partial charge is 0.299 e. The van der Waals surface area contributed by atoms with Crippen LogP contribution in [0.4, 0.5) is 0 Å². The molecule has 0 aliphatic heterocycles. The normalized spacial score (nSPS) is 16.1. The third-order valence-corrected chi connectivity index (χ3v) is 3.41. The van der Waals surface area contributed by atoms with Crippen LogP contribution in [-0.2, 0) is 6.54 Å². The molecule has 5 nitrogen and oxygen atoms in total. The third kappa shape index (κ3) is 3.10. The lowest BCUT2D eigenvalue weighted by atomic mass is 10.2. The predicted octanol–water partition coefficient (Wildman–Crippen LogP) is 1.09. The highest BCUT2D eigenvalue weighted by molar-refractivity contribution is 5.06. The third-order valence-electron chi connectivity index (χ3n) is 3.41. The Morgan fingerprint density at radius 1 is 1.50 bits per heavy atom. The van der Waals surface area contributed by atoms with Crippen LogP contribution in [0.25, 0.3) is 0 Å². The van der Waals surface area contributed by atoms with Crippen LogP contribution in [0.3, 0.4) is 0 Å². The van der Waals surface area contributed by atoms with Crippen molar-refractivity contribution < 1.29 is 4.74 Å². The molecule has 0 aromatic carbocycles. The van der Waals surface area contributed by atoms with Crippen LogP contribution in [0.5, 0.6) is 6.01 Å². The fourth-order valence-electron chi connectivity index (χ4n) is 2.47. The number of ether oxygens (including phenoxy) is 1. The maximum atomic E-state index is 11.9. The van der Waals surface area contributed by atoms with Crippen molar-refractivity contribution >= 4 is 0 Å². The van der Waals surface area contributed by atoms with Gasteiger partial charge in [-0.15, -0.1) is 0 Å². The van der Waals surface area contributed by atoms with Gasteiger partial charge in [0.1, 0.15) is 0 Å². The SMILES string of the molecule is COc1nc(C)cc(=O)n1CCNC1CCCC1. The summed E-state index contributed by atoms with van der Waals surface area (Å²) in [6, 6.07) is 2.55. The number of aromatic nitrogens is 2. The molecule has 1 fully saturated rings. The van der Waals surface area contributed by atoms with Gasteiger partial charge in [-0.2, -0.15) is 0 Å². The summed E-state index contributed by atoms with van der Waals surface area (Å²) in [5.41, 5.74) is 0.643. The molecular formula is C13H21N3O2. The van der Waals surface area contributed by atoms with Gasteiger partial charge in [-0.3, -0.25) is 9.36 Å². The number of rotatable bonds is 5. The first kappa shape index (κ1) is 13.1. The van der Waals surface area contributed by atoms with E-state index in [1.54, 1.807) is 18.6 Å². The second kappa shape index (κ2) is 6.00. The van der Waals surface area contributed by atoms with Gasteiger partial charge in [0.15, 0.2) is 0 Å². The van der Waals surface area contributed by atoms with Gasteiger partial charge >= 0.3 is 0 Å². The van der Waals surface area contributed by atoms with Gasteiger partial charge in [-0.1, -0.05) is 12.8 Å². The summed E-state index contributed by atoms with van der Waals surface area (Å²) in [7, 11) is 1.54. The largest absolute Gasteiger partial charge is 0.468 e. The first-order valence-electron chi connectivity index (χ1n) is 6.56. The van der Waals surface area contributed by atoms with E-state index >= 15 is 0 Å². The fourth-order valence-corrected chi connectivity index (χ4v) is 2.47. The van der Waals surface area contributed by atoms with Crippen molar-refractivity contribution in [3.05, 3.63) is 22.1 Å². The summed E-state index contributed by atoms with van der Waals surface area (Å²) in [5.74, 6) is 0. The van der Waals surface area contributed by atoms with Crippen LogP contribution in [0.15, 0.2) is 10.9 Å². The van der Waals surface area contributed by atoms with Gasteiger partial charge in [0.2, 0.25) is 0 Å². The maximum Gasteiger partial charge on any atom is 0.299 e. The van der Waals surface area contributed by atoms with E-state index in [0.717, 1.165) is 6.54 Å². The Balaban J connectivity index is 1.97. The number of hydrogen-bond acceptors (Lipinski definition) is 4. The van der Waals surface area contributed by atoms with Crippen LogP contribution in [0, 0.1) is 6.92 Å². The zero-order valence-electron chi connectivity index (χ0n) is 11.1. The number of nitrogens with one attached hydrogen (secondary N) is 1. The van der Waals surface area contributed by atoms with Crippen LogP contribution < -0.4 is 15.6 Å². The summed E-state index contributed by atoms with van der Waals surface area (Å²) in [4.78, 5) is 16.1. The number of aryl methyl sites for hydroxylation is 1. The van der Waals surface area contributed by atoms with Gasteiger partial charge in [-0.05, 0) is 19.8 Å². The van der Waals surface area contributed by atoms with Crippen LogP contribution in [-0.4, -0.2) is 29.2 Å². The minimum Gasteiger partial charge on any atom is -0.468 e. The molecule has 18 heavy (non-hydrogen) atoms. The molecule has 100 valence electrons. The van der Waals surface area contributed by atoms with E-state index in [4.69, 9.17) is 4.74 Å². The first-order chi connectivity index (χ1) is 8.70. The minimum absolute atomic E-state index is 0.0485. The maximum absolute atomic E-state index is 11.9. The molecular weight excluding hydrogens is 230 g/mol. The molecule has 0 amide bonds.